The van der Waals surface area contributed by atoms with Crippen LogP contribution < -0.4 is 14.8 Å². The van der Waals surface area contributed by atoms with Crippen LogP contribution in [0.15, 0.2) is 48.7 Å². The van der Waals surface area contributed by atoms with Gasteiger partial charge in [-0.25, -0.2) is 4.68 Å². The number of aromatic nitrogens is 2. The average Bonchev–Trinajstić information content (AvgIpc) is 3.12. The molecule has 3 rings (SSSR count). The van der Waals surface area contributed by atoms with E-state index in [0.717, 1.165) is 5.56 Å². The van der Waals surface area contributed by atoms with E-state index in [2.05, 4.69) is 10.4 Å². The van der Waals surface area contributed by atoms with Gasteiger partial charge in [-0.1, -0.05) is 29.3 Å². The van der Waals surface area contributed by atoms with Crippen molar-refractivity contribution in [1.29, 1.82) is 0 Å². The number of ether oxygens (including phenoxy) is 2. The number of carbonyl (C=O) groups excluding carboxylic acids is 1. The third kappa shape index (κ3) is 4.40. The molecule has 3 aromatic rings. The molecule has 1 N–H and O–H groups in total. The minimum atomic E-state index is -0.298. The third-order valence-corrected chi connectivity index (χ3v) is 4.76. The van der Waals surface area contributed by atoms with Crippen LogP contribution in [0.4, 0.5) is 5.82 Å². The number of benzene rings is 2. The molecule has 0 saturated heterocycles. The molecule has 0 fully saturated rings. The Balaban J connectivity index is 1.80. The van der Waals surface area contributed by atoms with E-state index in [4.69, 9.17) is 32.7 Å². The molecular weight excluding hydrogens is 401 g/mol. The van der Waals surface area contributed by atoms with E-state index in [1.165, 1.54) is 7.11 Å². The Labute approximate surface area is 173 Å². The van der Waals surface area contributed by atoms with Crippen molar-refractivity contribution in [3.05, 3.63) is 69.8 Å². The van der Waals surface area contributed by atoms with Gasteiger partial charge in [0.05, 0.1) is 26.5 Å². The van der Waals surface area contributed by atoms with Gasteiger partial charge in [-0.05, 0) is 37.3 Å². The molecule has 0 spiro atoms. The molecule has 0 aliphatic heterocycles. The molecule has 0 bridgehead atoms. The number of nitrogens with one attached hydrogen (secondary N) is 1. The minimum Gasteiger partial charge on any atom is -0.493 e. The van der Waals surface area contributed by atoms with Gasteiger partial charge in [0.2, 0.25) is 0 Å². The largest absolute Gasteiger partial charge is 0.493 e. The highest BCUT2D eigenvalue weighted by molar-refractivity contribution is 6.36. The number of hydrogen-bond donors (Lipinski definition) is 1. The van der Waals surface area contributed by atoms with Crippen molar-refractivity contribution in [1.82, 2.24) is 9.78 Å². The number of hydrogen-bond acceptors (Lipinski definition) is 4. The molecule has 0 radical (unpaired) electrons. The van der Waals surface area contributed by atoms with Crippen molar-refractivity contribution in [3.63, 3.8) is 0 Å². The molecule has 0 aliphatic rings. The smallest absolute Gasteiger partial charge is 0.256 e. The van der Waals surface area contributed by atoms with E-state index in [1.54, 1.807) is 53.3 Å². The SMILES string of the molecule is CCOc1ccc(C(=O)Nc2ccnn2Cc2c(Cl)cccc2Cl)cc1OC. The van der Waals surface area contributed by atoms with Gasteiger partial charge in [0.25, 0.3) is 5.91 Å². The number of methoxy groups -OCH3 is 1. The summed E-state index contributed by atoms with van der Waals surface area (Å²) in [7, 11) is 1.53. The molecule has 1 aromatic heterocycles. The Bertz CT molecular complexity index is 968. The van der Waals surface area contributed by atoms with Gasteiger partial charge >= 0.3 is 0 Å². The summed E-state index contributed by atoms with van der Waals surface area (Å²) in [6.07, 6.45) is 1.60. The lowest BCUT2D eigenvalue weighted by Crippen LogP contribution is -2.16. The Hall–Kier alpha value is -2.70. The quantitative estimate of drug-likeness (QED) is 0.591. The predicted molar refractivity (Wildman–Crippen MR) is 110 cm³/mol. The van der Waals surface area contributed by atoms with Crippen molar-refractivity contribution in [2.75, 3.05) is 19.0 Å². The van der Waals surface area contributed by atoms with Crippen LogP contribution in [0.1, 0.15) is 22.8 Å². The van der Waals surface area contributed by atoms with Crippen LogP contribution in [0, 0.1) is 0 Å². The second-order valence-corrected chi connectivity index (χ2v) is 6.64. The highest BCUT2D eigenvalue weighted by Crippen LogP contribution is 2.29. The monoisotopic (exact) mass is 419 g/mol. The average molecular weight is 420 g/mol. The van der Waals surface area contributed by atoms with Crippen LogP contribution >= 0.6 is 23.2 Å². The van der Waals surface area contributed by atoms with E-state index < -0.39 is 0 Å². The number of rotatable bonds is 7. The molecule has 2 aromatic carbocycles. The molecule has 0 aliphatic carbocycles. The van der Waals surface area contributed by atoms with Crippen molar-refractivity contribution < 1.29 is 14.3 Å². The van der Waals surface area contributed by atoms with Gasteiger partial charge in [-0.2, -0.15) is 5.10 Å². The maximum atomic E-state index is 12.7. The van der Waals surface area contributed by atoms with Crippen LogP contribution in [0.2, 0.25) is 10.0 Å². The molecular formula is C20H19Cl2N3O3. The number of amides is 1. The minimum absolute atomic E-state index is 0.298. The van der Waals surface area contributed by atoms with Gasteiger partial charge < -0.3 is 14.8 Å². The predicted octanol–water partition coefficient (Wildman–Crippen LogP) is 4.90. The lowest BCUT2D eigenvalue weighted by atomic mass is 10.2. The zero-order chi connectivity index (χ0) is 20.1. The Morgan fingerprint density at radius 3 is 2.57 bits per heavy atom. The number of nitrogens with zero attached hydrogens (tertiary/aromatic N) is 2. The molecule has 28 heavy (non-hydrogen) atoms. The van der Waals surface area contributed by atoms with E-state index in [1.807, 2.05) is 6.92 Å². The zero-order valence-electron chi connectivity index (χ0n) is 15.4. The topological polar surface area (TPSA) is 65.4 Å². The lowest BCUT2D eigenvalue weighted by molar-refractivity contribution is 0.102. The first-order valence-corrected chi connectivity index (χ1v) is 9.36. The second kappa shape index (κ2) is 8.99. The van der Waals surface area contributed by atoms with E-state index in [0.29, 0.717) is 46.1 Å². The van der Waals surface area contributed by atoms with Crippen LogP contribution in [0.25, 0.3) is 0 Å². The highest BCUT2D eigenvalue weighted by atomic mass is 35.5. The summed E-state index contributed by atoms with van der Waals surface area (Å²) >= 11 is 12.5. The molecule has 8 heteroatoms. The molecule has 146 valence electrons. The molecule has 0 unspecified atom stereocenters. The van der Waals surface area contributed by atoms with E-state index in [9.17, 15) is 4.79 Å². The molecule has 0 saturated carbocycles. The first kappa shape index (κ1) is 20.0. The summed E-state index contributed by atoms with van der Waals surface area (Å²) in [5.41, 5.74) is 1.16. The van der Waals surface area contributed by atoms with Crippen LogP contribution in [0.3, 0.4) is 0 Å². The Morgan fingerprint density at radius 1 is 1.14 bits per heavy atom. The van der Waals surface area contributed by atoms with Crippen LogP contribution in [-0.2, 0) is 6.54 Å². The first-order valence-electron chi connectivity index (χ1n) is 8.60. The van der Waals surface area contributed by atoms with Crippen molar-refractivity contribution >= 4 is 34.9 Å². The molecule has 1 amide bonds. The van der Waals surface area contributed by atoms with Gasteiger partial charge in [0, 0.05) is 27.2 Å². The molecule has 0 atom stereocenters. The molecule has 6 nitrogen and oxygen atoms in total. The van der Waals surface area contributed by atoms with Crippen molar-refractivity contribution in [2.24, 2.45) is 0 Å². The third-order valence-electron chi connectivity index (χ3n) is 4.05. The maximum absolute atomic E-state index is 12.7. The fourth-order valence-electron chi connectivity index (χ4n) is 2.67. The maximum Gasteiger partial charge on any atom is 0.256 e. The standard InChI is InChI=1S/C20H19Cl2N3O3/c1-3-28-17-8-7-13(11-18(17)27-2)20(26)24-19-9-10-23-25(19)12-14-15(21)5-4-6-16(14)22/h4-11H,3,12H2,1-2H3,(H,24,26). The molecule has 1 heterocycles. The van der Waals surface area contributed by atoms with Crippen LogP contribution in [-0.4, -0.2) is 29.4 Å². The Morgan fingerprint density at radius 2 is 1.89 bits per heavy atom. The van der Waals surface area contributed by atoms with Crippen LogP contribution in [0.5, 0.6) is 11.5 Å². The summed E-state index contributed by atoms with van der Waals surface area (Å²) in [5.74, 6) is 1.30. The van der Waals surface area contributed by atoms with Crippen molar-refractivity contribution in [3.8, 4) is 11.5 Å². The normalized spacial score (nSPS) is 10.6. The zero-order valence-corrected chi connectivity index (χ0v) is 16.9. The fourth-order valence-corrected chi connectivity index (χ4v) is 3.19. The van der Waals surface area contributed by atoms with E-state index in [-0.39, 0.29) is 5.91 Å². The first-order chi connectivity index (χ1) is 13.5. The summed E-state index contributed by atoms with van der Waals surface area (Å²) in [5, 5.41) is 8.18. The summed E-state index contributed by atoms with van der Waals surface area (Å²) in [6.45, 7) is 2.71. The summed E-state index contributed by atoms with van der Waals surface area (Å²) in [4.78, 5) is 12.7. The Kier molecular flexibility index (Phi) is 6.44. The highest BCUT2D eigenvalue weighted by Gasteiger charge is 2.15. The van der Waals surface area contributed by atoms with Gasteiger partial charge in [0.15, 0.2) is 11.5 Å². The summed E-state index contributed by atoms with van der Waals surface area (Å²) in [6, 6.07) is 12.0. The number of carbonyl (C=O) groups is 1. The summed E-state index contributed by atoms with van der Waals surface area (Å²) < 4.78 is 12.4. The lowest BCUT2D eigenvalue weighted by Gasteiger charge is -2.13. The van der Waals surface area contributed by atoms with E-state index >= 15 is 0 Å². The van der Waals surface area contributed by atoms with Gasteiger partial charge in [-0.3, -0.25) is 4.79 Å². The van der Waals surface area contributed by atoms with Crippen molar-refractivity contribution in [2.45, 2.75) is 13.5 Å². The van der Waals surface area contributed by atoms with Gasteiger partial charge in [-0.15, -0.1) is 0 Å². The second-order valence-electron chi connectivity index (χ2n) is 5.83. The fraction of sp³-hybridized carbons (Fsp3) is 0.200. The number of anilines is 1. The van der Waals surface area contributed by atoms with Gasteiger partial charge in [0.1, 0.15) is 5.82 Å². The number of halogens is 2.